The molecule has 0 aliphatic carbocycles. The molecule has 0 saturated carbocycles. The Bertz CT molecular complexity index is 785. The molecule has 28 heavy (non-hydrogen) atoms. The molecule has 8 heteroatoms. The van der Waals surface area contributed by atoms with Gasteiger partial charge in [-0.3, -0.25) is 9.59 Å². The minimum atomic E-state index is -0.315. The molecule has 0 spiro atoms. The average Bonchev–Trinajstić information content (AvgIpc) is 2.71. The van der Waals surface area contributed by atoms with Gasteiger partial charge in [0.15, 0.2) is 11.5 Å². The number of hydrogen-bond donors (Lipinski definition) is 3. The predicted molar refractivity (Wildman–Crippen MR) is 112 cm³/mol. The first-order chi connectivity index (χ1) is 13.1. The van der Waals surface area contributed by atoms with E-state index in [1.54, 1.807) is 36.4 Å². The number of carbonyl (C=O) groups excluding carboxylic acids is 2. The molecule has 0 bridgehead atoms. The quantitative estimate of drug-likeness (QED) is 0.556. The summed E-state index contributed by atoms with van der Waals surface area (Å²) in [6.45, 7) is 3.94. The first-order valence-corrected chi connectivity index (χ1v) is 8.72. The number of benzene rings is 2. The Morgan fingerprint density at radius 3 is 2.18 bits per heavy atom. The normalized spacial score (nSPS) is 9.82. The van der Waals surface area contributed by atoms with E-state index < -0.39 is 0 Å². The largest absolute Gasteiger partial charge is 0.493 e. The molecule has 2 rings (SSSR count). The standard InChI is InChI=1S/C20H25N3O4.ClH/c1-4-21-10-11-22-20(25)15-12-17(26-2)18(27-3)13-16(15)23-19(24)14-8-6-5-7-9-14;/h5-9,12-13,21H,4,10-11H2,1-3H3,(H,22,25)(H,23,24);1H. The average molecular weight is 408 g/mol. The van der Waals surface area contributed by atoms with Gasteiger partial charge in [0.1, 0.15) is 0 Å². The minimum absolute atomic E-state index is 0. The van der Waals surface area contributed by atoms with Gasteiger partial charge in [0, 0.05) is 24.7 Å². The fourth-order valence-electron chi connectivity index (χ4n) is 2.49. The Labute approximate surface area is 171 Å². The van der Waals surface area contributed by atoms with Gasteiger partial charge in [0.05, 0.1) is 25.5 Å². The van der Waals surface area contributed by atoms with Crippen LogP contribution in [-0.4, -0.2) is 45.7 Å². The molecule has 2 aromatic carbocycles. The van der Waals surface area contributed by atoms with Crippen LogP contribution in [0.3, 0.4) is 0 Å². The molecule has 0 atom stereocenters. The van der Waals surface area contributed by atoms with Gasteiger partial charge in [-0.1, -0.05) is 25.1 Å². The highest BCUT2D eigenvalue weighted by Crippen LogP contribution is 2.33. The molecule has 3 N–H and O–H groups in total. The Morgan fingerprint density at radius 2 is 1.57 bits per heavy atom. The maximum Gasteiger partial charge on any atom is 0.255 e. The van der Waals surface area contributed by atoms with Gasteiger partial charge in [-0.25, -0.2) is 0 Å². The van der Waals surface area contributed by atoms with Crippen LogP contribution in [0.4, 0.5) is 5.69 Å². The highest BCUT2D eigenvalue weighted by atomic mass is 35.5. The number of nitrogens with one attached hydrogen (secondary N) is 3. The van der Waals surface area contributed by atoms with Crippen LogP contribution in [0.1, 0.15) is 27.6 Å². The predicted octanol–water partition coefficient (Wildman–Crippen LogP) is 2.72. The van der Waals surface area contributed by atoms with Crippen LogP contribution in [-0.2, 0) is 0 Å². The molecule has 2 aromatic rings. The molecule has 0 unspecified atom stereocenters. The molecule has 0 fully saturated rings. The molecule has 2 amide bonds. The summed E-state index contributed by atoms with van der Waals surface area (Å²) in [4.78, 5) is 25.1. The van der Waals surface area contributed by atoms with E-state index >= 15 is 0 Å². The van der Waals surface area contributed by atoms with Gasteiger partial charge in [0.25, 0.3) is 11.8 Å². The van der Waals surface area contributed by atoms with Crippen LogP contribution in [0.15, 0.2) is 42.5 Å². The van der Waals surface area contributed by atoms with Crippen LogP contribution < -0.4 is 25.4 Å². The summed E-state index contributed by atoms with van der Waals surface area (Å²) >= 11 is 0. The van der Waals surface area contributed by atoms with Crippen molar-refractivity contribution in [1.82, 2.24) is 10.6 Å². The van der Waals surface area contributed by atoms with E-state index in [9.17, 15) is 9.59 Å². The van der Waals surface area contributed by atoms with Gasteiger partial charge in [-0.2, -0.15) is 0 Å². The molecular weight excluding hydrogens is 382 g/mol. The zero-order valence-corrected chi connectivity index (χ0v) is 17.0. The van der Waals surface area contributed by atoms with Crippen molar-refractivity contribution in [3.8, 4) is 11.5 Å². The second-order valence-electron chi connectivity index (χ2n) is 5.68. The third-order valence-electron chi connectivity index (χ3n) is 3.89. The lowest BCUT2D eigenvalue weighted by molar-refractivity contribution is 0.0954. The van der Waals surface area contributed by atoms with E-state index in [1.807, 2.05) is 13.0 Å². The number of likely N-dealkylation sites (N-methyl/N-ethyl adjacent to an activating group) is 1. The summed E-state index contributed by atoms with van der Waals surface area (Å²) in [6, 6.07) is 11.9. The summed E-state index contributed by atoms with van der Waals surface area (Å²) in [5, 5.41) is 8.75. The van der Waals surface area contributed by atoms with Crippen molar-refractivity contribution in [3.63, 3.8) is 0 Å². The molecule has 0 aliphatic heterocycles. The van der Waals surface area contributed by atoms with Crippen LogP contribution in [0, 0.1) is 0 Å². The zero-order chi connectivity index (χ0) is 19.6. The summed E-state index contributed by atoms with van der Waals surface area (Å²) in [5.41, 5.74) is 1.14. The number of carbonyl (C=O) groups is 2. The van der Waals surface area contributed by atoms with Gasteiger partial charge in [-0.15, -0.1) is 12.4 Å². The molecule has 0 aliphatic rings. The fraction of sp³-hybridized carbons (Fsp3) is 0.300. The van der Waals surface area contributed by atoms with Crippen molar-refractivity contribution in [2.45, 2.75) is 6.92 Å². The molecule has 152 valence electrons. The molecule has 0 radical (unpaired) electrons. The van der Waals surface area contributed by atoms with Gasteiger partial charge in [0.2, 0.25) is 0 Å². The topological polar surface area (TPSA) is 88.7 Å². The number of methoxy groups -OCH3 is 2. The Morgan fingerprint density at radius 1 is 0.929 bits per heavy atom. The number of rotatable bonds is 9. The molecule has 0 saturated heterocycles. The molecule has 7 nitrogen and oxygen atoms in total. The first kappa shape index (κ1) is 23.3. The highest BCUT2D eigenvalue weighted by Gasteiger charge is 2.19. The van der Waals surface area contributed by atoms with E-state index in [-0.39, 0.29) is 24.2 Å². The van der Waals surface area contributed by atoms with Crippen LogP contribution >= 0.6 is 12.4 Å². The fourth-order valence-corrected chi connectivity index (χ4v) is 2.49. The maximum absolute atomic E-state index is 12.6. The number of hydrogen-bond acceptors (Lipinski definition) is 5. The van der Waals surface area contributed by atoms with Crippen molar-refractivity contribution in [2.24, 2.45) is 0 Å². The van der Waals surface area contributed by atoms with E-state index in [0.29, 0.717) is 41.4 Å². The Kier molecular flexibility index (Phi) is 9.84. The number of halogens is 1. The van der Waals surface area contributed by atoms with E-state index in [1.165, 1.54) is 14.2 Å². The third-order valence-corrected chi connectivity index (χ3v) is 3.89. The van der Waals surface area contributed by atoms with E-state index in [2.05, 4.69) is 16.0 Å². The number of ether oxygens (including phenoxy) is 2. The lowest BCUT2D eigenvalue weighted by Gasteiger charge is -2.16. The SMILES string of the molecule is CCNCCNC(=O)c1cc(OC)c(OC)cc1NC(=O)c1ccccc1.Cl. The number of amides is 2. The monoisotopic (exact) mass is 407 g/mol. The van der Waals surface area contributed by atoms with Gasteiger partial charge in [-0.05, 0) is 24.7 Å². The molecular formula is C20H26ClN3O4. The van der Waals surface area contributed by atoms with Crippen LogP contribution in [0.5, 0.6) is 11.5 Å². The third kappa shape index (κ3) is 6.14. The smallest absolute Gasteiger partial charge is 0.255 e. The lowest BCUT2D eigenvalue weighted by Crippen LogP contribution is -2.32. The maximum atomic E-state index is 12.6. The van der Waals surface area contributed by atoms with Crippen molar-refractivity contribution in [2.75, 3.05) is 39.2 Å². The van der Waals surface area contributed by atoms with Crippen molar-refractivity contribution in [3.05, 3.63) is 53.6 Å². The van der Waals surface area contributed by atoms with Crippen molar-refractivity contribution < 1.29 is 19.1 Å². The highest BCUT2D eigenvalue weighted by molar-refractivity contribution is 6.09. The van der Waals surface area contributed by atoms with Crippen LogP contribution in [0.25, 0.3) is 0 Å². The molecule has 0 aromatic heterocycles. The lowest BCUT2D eigenvalue weighted by atomic mass is 10.1. The van der Waals surface area contributed by atoms with Crippen molar-refractivity contribution >= 4 is 29.9 Å². The van der Waals surface area contributed by atoms with Gasteiger partial charge >= 0.3 is 0 Å². The van der Waals surface area contributed by atoms with Crippen molar-refractivity contribution in [1.29, 1.82) is 0 Å². The second kappa shape index (κ2) is 11.8. The van der Waals surface area contributed by atoms with E-state index in [4.69, 9.17) is 9.47 Å². The Hall–Kier alpha value is -2.77. The Balaban J connectivity index is 0.00000392. The molecule has 0 heterocycles. The van der Waals surface area contributed by atoms with Gasteiger partial charge < -0.3 is 25.4 Å². The number of anilines is 1. The summed E-state index contributed by atoms with van der Waals surface area (Å²) in [6.07, 6.45) is 0. The minimum Gasteiger partial charge on any atom is -0.493 e. The summed E-state index contributed by atoms with van der Waals surface area (Å²) < 4.78 is 10.6. The first-order valence-electron chi connectivity index (χ1n) is 8.72. The summed E-state index contributed by atoms with van der Waals surface area (Å²) in [5.74, 6) is 0.207. The zero-order valence-electron chi connectivity index (χ0n) is 16.2. The van der Waals surface area contributed by atoms with Crippen LogP contribution in [0.2, 0.25) is 0 Å². The summed E-state index contributed by atoms with van der Waals surface area (Å²) in [7, 11) is 2.99. The second-order valence-corrected chi connectivity index (χ2v) is 5.68. The van der Waals surface area contributed by atoms with E-state index in [0.717, 1.165) is 6.54 Å².